The van der Waals surface area contributed by atoms with Gasteiger partial charge in [-0.25, -0.2) is 4.68 Å². The fourth-order valence-corrected chi connectivity index (χ4v) is 1.64. The minimum Gasteiger partial charge on any atom is -0.387 e. The summed E-state index contributed by atoms with van der Waals surface area (Å²) >= 11 is 0. The lowest BCUT2D eigenvalue weighted by Gasteiger charge is -2.08. The van der Waals surface area contributed by atoms with Crippen LogP contribution in [0.1, 0.15) is 11.1 Å². The van der Waals surface area contributed by atoms with Crippen LogP contribution >= 0.6 is 0 Å². The van der Waals surface area contributed by atoms with Crippen molar-refractivity contribution in [2.24, 2.45) is 0 Å². The smallest absolute Gasteiger partial charge is 0.269 e. The summed E-state index contributed by atoms with van der Waals surface area (Å²) in [6.07, 6.45) is 1.65. The predicted molar refractivity (Wildman–Crippen MR) is 68.3 cm³/mol. The molecular formula is C13H15N3O. The summed E-state index contributed by atoms with van der Waals surface area (Å²) in [5.41, 5.74) is 2.91. The molecule has 0 unspecified atom stereocenters. The van der Waals surface area contributed by atoms with Crippen molar-refractivity contribution in [3.05, 3.63) is 58.0 Å². The van der Waals surface area contributed by atoms with Crippen molar-refractivity contribution in [3.8, 4) is 0 Å². The van der Waals surface area contributed by atoms with Crippen LogP contribution in [0.2, 0.25) is 0 Å². The second kappa shape index (κ2) is 4.82. The van der Waals surface area contributed by atoms with Crippen LogP contribution in [-0.2, 0) is 6.54 Å². The van der Waals surface area contributed by atoms with Crippen LogP contribution < -0.4 is 10.9 Å². The van der Waals surface area contributed by atoms with Crippen molar-refractivity contribution in [2.75, 3.05) is 12.4 Å². The van der Waals surface area contributed by atoms with Crippen molar-refractivity contribution < 1.29 is 0 Å². The molecular weight excluding hydrogens is 214 g/mol. The van der Waals surface area contributed by atoms with E-state index in [9.17, 15) is 4.79 Å². The molecule has 0 radical (unpaired) electrons. The zero-order chi connectivity index (χ0) is 12.3. The molecule has 0 saturated carbocycles. The van der Waals surface area contributed by atoms with Gasteiger partial charge in [-0.1, -0.05) is 24.3 Å². The van der Waals surface area contributed by atoms with E-state index in [1.165, 1.54) is 10.2 Å². The van der Waals surface area contributed by atoms with Crippen molar-refractivity contribution in [2.45, 2.75) is 13.5 Å². The summed E-state index contributed by atoms with van der Waals surface area (Å²) in [6, 6.07) is 9.54. The highest BCUT2D eigenvalue weighted by molar-refractivity contribution is 5.37. The SMILES string of the molecule is CNc1cnn(Cc2ccccc2C)c(=O)c1. The van der Waals surface area contributed by atoms with Gasteiger partial charge in [0.1, 0.15) is 0 Å². The fraction of sp³-hybridized carbons (Fsp3) is 0.231. The molecule has 2 rings (SSSR count). The summed E-state index contributed by atoms with van der Waals surface area (Å²) in [7, 11) is 1.77. The molecule has 0 aliphatic rings. The Bertz CT molecular complexity index is 575. The van der Waals surface area contributed by atoms with E-state index in [4.69, 9.17) is 0 Å². The number of hydrogen-bond donors (Lipinski definition) is 1. The molecule has 0 amide bonds. The first-order valence-electron chi connectivity index (χ1n) is 5.50. The van der Waals surface area contributed by atoms with E-state index >= 15 is 0 Å². The number of anilines is 1. The lowest BCUT2D eigenvalue weighted by molar-refractivity contribution is 0.638. The van der Waals surface area contributed by atoms with Gasteiger partial charge in [-0.3, -0.25) is 4.79 Å². The van der Waals surface area contributed by atoms with Gasteiger partial charge in [-0.2, -0.15) is 5.10 Å². The highest BCUT2D eigenvalue weighted by Crippen LogP contribution is 2.07. The normalized spacial score (nSPS) is 10.2. The molecule has 1 aromatic carbocycles. The highest BCUT2D eigenvalue weighted by atomic mass is 16.1. The number of aryl methyl sites for hydroxylation is 1. The van der Waals surface area contributed by atoms with Crippen LogP contribution in [0, 0.1) is 6.92 Å². The van der Waals surface area contributed by atoms with E-state index in [0.717, 1.165) is 11.3 Å². The van der Waals surface area contributed by atoms with Gasteiger partial charge in [-0.15, -0.1) is 0 Å². The summed E-state index contributed by atoms with van der Waals surface area (Å²) < 4.78 is 1.46. The maximum Gasteiger partial charge on any atom is 0.269 e. The van der Waals surface area contributed by atoms with Crippen LogP contribution in [0.15, 0.2) is 41.3 Å². The molecule has 0 bridgehead atoms. The van der Waals surface area contributed by atoms with E-state index in [1.807, 2.05) is 31.2 Å². The first-order valence-corrected chi connectivity index (χ1v) is 5.50. The molecule has 0 spiro atoms. The Labute approximate surface area is 99.9 Å². The van der Waals surface area contributed by atoms with E-state index in [1.54, 1.807) is 19.3 Å². The molecule has 1 aromatic heterocycles. The third-order valence-electron chi connectivity index (χ3n) is 2.74. The van der Waals surface area contributed by atoms with Gasteiger partial charge in [0.15, 0.2) is 0 Å². The predicted octanol–water partition coefficient (Wildman–Crippen LogP) is 1.64. The molecule has 0 aliphatic carbocycles. The lowest BCUT2D eigenvalue weighted by atomic mass is 10.1. The quantitative estimate of drug-likeness (QED) is 0.870. The van der Waals surface area contributed by atoms with Crippen LogP contribution in [0.4, 0.5) is 5.69 Å². The van der Waals surface area contributed by atoms with E-state index < -0.39 is 0 Å². The minimum atomic E-state index is -0.0971. The van der Waals surface area contributed by atoms with E-state index in [-0.39, 0.29) is 5.56 Å². The van der Waals surface area contributed by atoms with Crippen molar-refractivity contribution >= 4 is 5.69 Å². The number of aromatic nitrogens is 2. The minimum absolute atomic E-state index is 0.0971. The number of hydrogen-bond acceptors (Lipinski definition) is 3. The first-order chi connectivity index (χ1) is 8.20. The maximum atomic E-state index is 11.8. The summed E-state index contributed by atoms with van der Waals surface area (Å²) in [5.74, 6) is 0. The standard InChI is InChI=1S/C13H15N3O/c1-10-5-3-4-6-11(10)9-16-13(17)7-12(14-2)8-15-16/h3-8,14H,9H2,1-2H3. The van der Waals surface area contributed by atoms with Gasteiger partial charge < -0.3 is 5.32 Å². The molecule has 0 aliphatic heterocycles. The average Bonchev–Trinajstić information content (AvgIpc) is 2.34. The second-order valence-corrected chi connectivity index (χ2v) is 3.92. The molecule has 1 heterocycles. The van der Waals surface area contributed by atoms with Gasteiger partial charge in [0.2, 0.25) is 0 Å². The molecule has 0 fully saturated rings. The Morgan fingerprint density at radius 1 is 1.35 bits per heavy atom. The molecule has 0 atom stereocenters. The third-order valence-corrected chi connectivity index (χ3v) is 2.74. The Kier molecular flexibility index (Phi) is 3.23. The zero-order valence-electron chi connectivity index (χ0n) is 9.97. The Morgan fingerprint density at radius 2 is 2.12 bits per heavy atom. The maximum absolute atomic E-state index is 11.8. The van der Waals surface area contributed by atoms with Crippen molar-refractivity contribution in [1.82, 2.24) is 9.78 Å². The average molecular weight is 229 g/mol. The Balaban J connectivity index is 2.31. The van der Waals surface area contributed by atoms with Gasteiger partial charge >= 0.3 is 0 Å². The lowest BCUT2D eigenvalue weighted by Crippen LogP contribution is -2.23. The number of rotatable bonds is 3. The van der Waals surface area contributed by atoms with Gasteiger partial charge in [0.25, 0.3) is 5.56 Å². The largest absolute Gasteiger partial charge is 0.387 e. The molecule has 88 valence electrons. The van der Waals surface area contributed by atoms with Gasteiger partial charge in [-0.05, 0) is 18.1 Å². The summed E-state index contributed by atoms with van der Waals surface area (Å²) in [5, 5.41) is 7.02. The second-order valence-electron chi connectivity index (χ2n) is 3.92. The van der Waals surface area contributed by atoms with Crippen molar-refractivity contribution in [1.29, 1.82) is 0 Å². The molecule has 17 heavy (non-hydrogen) atoms. The molecule has 2 aromatic rings. The fourth-order valence-electron chi connectivity index (χ4n) is 1.64. The van der Waals surface area contributed by atoms with Crippen molar-refractivity contribution in [3.63, 3.8) is 0 Å². The zero-order valence-corrected chi connectivity index (χ0v) is 9.97. The third kappa shape index (κ3) is 2.53. The Hall–Kier alpha value is -2.10. The molecule has 4 nitrogen and oxygen atoms in total. The topological polar surface area (TPSA) is 46.9 Å². The van der Waals surface area contributed by atoms with E-state index in [2.05, 4.69) is 10.4 Å². The molecule has 1 N–H and O–H groups in total. The van der Waals surface area contributed by atoms with Crippen LogP contribution in [0.25, 0.3) is 0 Å². The van der Waals surface area contributed by atoms with Crippen LogP contribution in [0.3, 0.4) is 0 Å². The number of nitrogens with zero attached hydrogens (tertiary/aromatic N) is 2. The Morgan fingerprint density at radius 3 is 2.76 bits per heavy atom. The number of benzene rings is 1. The monoisotopic (exact) mass is 229 g/mol. The van der Waals surface area contributed by atoms with E-state index in [0.29, 0.717) is 6.54 Å². The highest BCUT2D eigenvalue weighted by Gasteiger charge is 2.02. The first kappa shape index (κ1) is 11.4. The molecule has 4 heteroatoms. The number of nitrogens with one attached hydrogen (secondary N) is 1. The summed E-state index contributed by atoms with van der Waals surface area (Å²) in [6.45, 7) is 2.54. The summed E-state index contributed by atoms with van der Waals surface area (Å²) in [4.78, 5) is 11.8. The molecule has 0 saturated heterocycles. The van der Waals surface area contributed by atoms with Gasteiger partial charge in [0, 0.05) is 13.1 Å². The van der Waals surface area contributed by atoms with Crippen LogP contribution in [-0.4, -0.2) is 16.8 Å². The van der Waals surface area contributed by atoms with Crippen LogP contribution in [0.5, 0.6) is 0 Å². The van der Waals surface area contributed by atoms with Gasteiger partial charge in [0.05, 0.1) is 18.4 Å².